The van der Waals surface area contributed by atoms with E-state index in [1.165, 1.54) is 11.3 Å². The zero-order chi connectivity index (χ0) is 15.7. The van der Waals surface area contributed by atoms with Gasteiger partial charge in [-0.3, -0.25) is 10.1 Å². The second kappa shape index (κ2) is 6.84. The first-order valence-corrected chi connectivity index (χ1v) is 9.53. The molecule has 0 aliphatic heterocycles. The van der Waals surface area contributed by atoms with Crippen LogP contribution in [0.5, 0.6) is 0 Å². The van der Waals surface area contributed by atoms with E-state index < -0.39 is 0 Å². The van der Waals surface area contributed by atoms with Crippen molar-refractivity contribution in [1.29, 1.82) is 0 Å². The Kier molecular flexibility index (Phi) is 5.03. The topological polar surface area (TPSA) is 42.0 Å². The van der Waals surface area contributed by atoms with Gasteiger partial charge in [-0.15, -0.1) is 22.7 Å². The quantitative estimate of drug-likeness (QED) is 0.464. The molecule has 2 aromatic heterocycles. The molecule has 3 nitrogen and oxygen atoms in total. The summed E-state index contributed by atoms with van der Waals surface area (Å²) in [6, 6.07) is 9.58. The standard InChI is InChI=1S/C14H7Cl2IN2OS2/c15-11-5-9(12(16)22-11)13(20)19-14-18-10(6-21-14)7-1-3-8(17)4-2-7/h1-6H,(H,18,19,20). The van der Waals surface area contributed by atoms with Crippen molar-refractivity contribution < 1.29 is 4.79 Å². The number of hydrogen-bond donors (Lipinski definition) is 1. The van der Waals surface area contributed by atoms with Crippen molar-refractivity contribution in [3.8, 4) is 11.3 Å². The number of anilines is 1. The lowest BCUT2D eigenvalue weighted by molar-refractivity contribution is 0.102. The highest BCUT2D eigenvalue weighted by Crippen LogP contribution is 2.32. The molecule has 1 aromatic carbocycles. The molecule has 3 rings (SSSR count). The van der Waals surface area contributed by atoms with Gasteiger partial charge in [0.05, 0.1) is 15.6 Å². The second-order valence-electron chi connectivity index (χ2n) is 4.24. The van der Waals surface area contributed by atoms with Crippen molar-refractivity contribution in [1.82, 2.24) is 4.98 Å². The maximum atomic E-state index is 12.2. The van der Waals surface area contributed by atoms with Crippen LogP contribution in [0.15, 0.2) is 35.7 Å². The molecule has 0 atom stereocenters. The van der Waals surface area contributed by atoms with Crippen LogP contribution in [-0.2, 0) is 0 Å². The van der Waals surface area contributed by atoms with Gasteiger partial charge in [0, 0.05) is 14.5 Å². The lowest BCUT2D eigenvalue weighted by Crippen LogP contribution is -2.11. The number of hydrogen-bond acceptors (Lipinski definition) is 4. The maximum Gasteiger partial charge on any atom is 0.259 e. The molecule has 0 unspecified atom stereocenters. The number of nitrogens with zero attached hydrogens (tertiary/aromatic N) is 1. The Bertz CT molecular complexity index is 830. The molecule has 8 heteroatoms. The van der Waals surface area contributed by atoms with E-state index in [2.05, 4.69) is 32.9 Å². The number of halogens is 3. The van der Waals surface area contributed by atoms with Gasteiger partial charge in [-0.05, 0) is 40.8 Å². The Morgan fingerprint density at radius 1 is 1.23 bits per heavy atom. The van der Waals surface area contributed by atoms with Crippen molar-refractivity contribution in [2.45, 2.75) is 0 Å². The van der Waals surface area contributed by atoms with Crippen LogP contribution in [0, 0.1) is 3.57 Å². The predicted molar refractivity (Wildman–Crippen MR) is 103 cm³/mol. The van der Waals surface area contributed by atoms with Crippen LogP contribution < -0.4 is 5.32 Å². The summed E-state index contributed by atoms with van der Waals surface area (Å²) in [6.07, 6.45) is 0. The predicted octanol–water partition coefficient (Wildman–Crippen LogP) is 6.04. The molecule has 0 fully saturated rings. The summed E-state index contributed by atoms with van der Waals surface area (Å²) in [6.45, 7) is 0. The van der Waals surface area contributed by atoms with E-state index in [1.807, 2.05) is 29.6 Å². The number of carbonyl (C=O) groups excluding carboxylic acids is 1. The number of amides is 1. The van der Waals surface area contributed by atoms with E-state index >= 15 is 0 Å². The van der Waals surface area contributed by atoms with Gasteiger partial charge in [0.25, 0.3) is 5.91 Å². The molecule has 1 N–H and O–H groups in total. The van der Waals surface area contributed by atoms with Crippen molar-refractivity contribution in [3.05, 3.63) is 53.5 Å². The normalized spacial score (nSPS) is 10.7. The third-order valence-electron chi connectivity index (χ3n) is 2.77. The molecule has 0 saturated heterocycles. The van der Waals surface area contributed by atoms with Crippen molar-refractivity contribution in [2.75, 3.05) is 5.32 Å². The van der Waals surface area contributed by atoms with Crippen molar-refractivity contribution >= 4 is 79.5 Å². The highest BCUT2D eigenvalue weighted by Gasteiger charge is 2.16. The average molecular weight is 481 g/mol. The number of benzene rings is 1. The van der Waals surface area contributed by atoms with Crippen LogP contribution in [0.1, 0.15) is 10.4 Å². The smallest absolute Gasteiger partial charge is 0.259 e. The number of rotatable bonds is 3. The molecule has 22 heavy (non-hydrogen) atoms. The van der Waals surface area contributed by atoms with Gasteiger partial charge >= 0.3 is 0 Å². The molecule has 0 aliphatic rings. The first-order chi connectivity index (χ1) is 10.5. The van der Waals surface area contributed by atoms with E-state index in [1.54, 1.807) is 6.07 Å². The van der Waals surface area contributed by atoms with Crippen molar-refractivity contribution in [2.24, 2.45) is 0 Å². The first kappa shape index (κ1) is 16.2. The van der Waals surface area contributed by atoms with Crippen LogP contribution >= 0.6 is 68.5 Å². The molecule has 112 valence electrons. The van der Waals surface area contributed by atoms with Gasteiger partial charge < -0.3 is 0 Å². The first-order valence-electron chi connectivity index (χ1n) is 6.00. The highest BCUT2D eigenvalue weighted by atomic mass is 127. The number of thiazole rings is 1. The fraction of sp³-hybridized carbons (Fsp3) is 0. The maximum absolute atomic E-state index is 12.2. The molecule has 0 spiro atoms. The van der Waals surface area contributed by atoms with Gasteiger partial charge in [0.1, 0.15) is 4.34 Å². The summed E-state index contributed by atoms with van der Waals surface area (Å²) in [5.41, 5.74) is 2.20. The van der Waals surface area contributed by atoms with Gasteiger partial charge in [-0.25, -0.2) is 4.98 Å². The Morgan fingerprint density at radius 3 is 2.59 bits per heavy atom. The lowest BCUT2D eigenvalue weighted by atomic mass is 10.2. The third kappa shape index (κ3) is 3.62. The largest absolute Gasteiger partial charge is 0.298 e. The van der Waals surface area contributed by atoms with Gasteiger partial charge in [-0.2, -0.15) is 0 Å². The number of thiophene rings is 1. The average Bonchev–Trinajstić information content (AvgIpc) is 3.06. The zero-order valence-electron chi connectivity index (χ0n) is 10.8. The molecule has 0 aliphatic carbocycles. The summed E-state index contributed by atoms with van der Waals surface area (Å²) in [5.74, 6) is -0.309. The van der Waals surface area contributed by atoms with E-state index in [0.717, 1.165) is 26.2 Å². The summed E-state index contributed by atoms with van der Waals surface area (Å²) >= 11 is 16.6. The highest BCUT2D eigenvalue weighted by molar-refractivity contribution is 14.1. The summed E-state index contributed by atoms with van der Waals surface area (Å²) in [4.78, 5) is 16.6. The summed E-state index contributed by atoms with van der Waals surface area (Å²) < 4.78 is 2.01. The van der Waals surface area contributed by atoms with E-state index in [-0.39, 0.29) is 5.91 Å². The van der Waals surface area contributed by atoms with Gasteiger partial charge in [-0.1, -0.05) is 35.3 Å². The SMILES string of the molecule is O=C(Nc1nc(-c2ccc(I)cc2)cs1)c1cc(Cl)sc1Cl. The molecule has 0 saturated carbocycles. The fourth-order valence-electron chi connectivity index (χ4n) is 1.74. The molecular formula is C14H7Cl2IN2OS2. The monoisotopic (exact) mass is 480 g/mol. The van der Waals surface area contributed by atoms with E-state index in [4.69, 9.17) is 23.2 Å². The molecule has 0 radical (unpaired) electrons. The van der Waals surface area contributed by atoms with E-state index in [9.17, 15) is 4.79 Å². The van der Waals surface area contributed by atoms with Crippen molar-refractivity contribution in [3.63, 3.8) is 0 Å². The third-order valence-corrected chi connectivity index (χ3v) is 5.73. The lowest BCUT2D eigenvalue weighted by Gasteiger charge is -2.00. The number of carbonyl (C=O) groups is 1. The van der Waals surface area contributed by atoms with E-state index in [0.29, 0.717) is 19.4 Å². The van der Waals surface area contributed by atoms with Gasteiger partial charge in [0.2, 0.25) is 0 Å². The number of aromatic nitrogens is 1. The Morgan fingerprint density at radius 2 is 1.95 bits per heavy atom. The molecule has 1 amide bonds. The van der Waals surface area contributed by atoms with Crippen LogP contribution in [0.25, 0.3) is 11.3 Å². The Balaban J connectivity index is 1.78. The fourth-order valence-corrected chi connectivity index (χ4v) is 4.28. The molecule has 2 heterocycles. The van der Waals surface area contributed by atoms with Crippen LogP contribution in [-0.4, -0.2) is 10.9 Å². The molecule has 3 aromatic rings. The minimum absolute atomic E-state index is 0.309. The number of nitrogens with one attached hydrogen (secondary N) is 1. The molecular weight excluding hydrogens is 474 g/mol. The Labute approximate surface area is 158 Å². The van der Waals surface area contributed by atoms with Gasteiger partial charge in [0.15, 0.2) is 5.13 Å². The van der Waals surface area contributed by atoms with Crippen LogP contribution in [0.3, 0.4) is 0 Å². The molecule has 0 bridgehead atoms. The van der Waals surface area contributed by atoms with Crippen LogP contribution in [0.4, 0.5) is 5.13 Å². The minimum atomic E-state index is -0.309. The second-order valence-corrected chi connectivity index (χ2v) is 8.63. The van der Waals surface area contributed by atoms with Crippen LogP contribution in [0.2, 0.25) is 8.67 Å². The summed E-state index contributed by atoms with van der Waals surface area (Å²) in [7, 11) is 0. The summed E-state index contributed by atoms with van der Waals surface area (Å²) in [5, 5.41) is 5.17. The minimum Gasteiger partial charge on any atom is -0.298 e. The Hall–Kier alpha value is -0.670. The zero-order valence-corrected chi connectivity index (χ0v) is 16.1.